The molecule has 2 amide bonds. The van der Waals surface area contributed by atoms with E-state index in [1.807, 2.05) is 39.8 Å². The molecule has 0 saturated heterocycles. The second-order valence-corrected chi connectivity index (χ2v) is 21.1. The van der Waals surface area contributed by atoms with Crippen LogP contribution in [0.3, 0.4) is 0 Å². The number of aryl methyl sites for hydroxylation is 1. The van der Waals surface area contributed by atoms with Gasteiger partial charge in [0.15, 0.2) is 0 Å². The molecule has 0 aliphatic heterocycles. The maximum atomic E-state index is 15.0. The first-order chi connectivity index (χ1) is 28.5. The summed E-state index contributed by atoms with van der Waals surface area (Å²) >= 11 is 1.30. The van der Waals surface area contributed by atoms with Crippen molar-refractivity contribution in [3.8, 4) is 0 Å². The van der Waals surface area contributed by atoms with Crippen LogP contribution in [0.2, 0.25) is 0 Å². The molecule has 1 heterocycles. The third-order valence-corrected chi connectivity index (χ3v) is 14.5. The molecule has 12 nitrogen and oxygen atoms in total. The van der Waals surface area contributed by atoms with E-state index in [4.69, 9.17) is 18.9 Å². The lowest BCUT2D eigenvalue weighted by atomic mass is 9.43. The molecule has 3 fully saturated rings. The number of rotatable bonds is 14. The quantitative estimate of drug-likeness (QED) is 0.106. The molecule has 1 aromatic carbocycles. The summed E-state index contributed by atoms with van der Waals surface area (Å²) < 4.78 is 23.5. The number of hydrogen-bond acceptors (Lipinski definition) is 11. The van der Waals surface area contributed by atoms with E-state index in [1.54, 1.807) is 58.3 Å². The van der Waals surface area contributed by atoms with Crippen LogP contribution in [-0.2, 0) is 46.3 Å². The van der Waals surface area contributed by atoms with Crippen molar-refractivity contribution in [1.82, 2.24) is 15.6 Å². The number of esters is 2. The van der Waals surface area contributed by atoms with Crippen LogP contribution in [-0.4, -0.2) is 77.5 Å². The average molecular weight is 864 g/mol. The van der Waals surface area contributed by atoms with Crippen molar-refractivity contribution in [3.63, 3.8) is 0 Å². The zero-order valence-electron chi connectivity index (χ0n) is 38.2. The third-order valence-electron chi connectivity index (χ3n) is 13.6. The lowest BCUT2D eigenvalue weighted by Gasteiger charge is -2.62. The Morgan fingerprint density at radius 3 is 2.15 bits per heavy atom. The van der Waals surface area contributed by atoms with Gasteiger partial charge in [0.1, 0.15) is 23.1 Å². The maximum absolute atomic E-state index is 15.0. The molecule has 0 unspecified atom stereocenters. The molecule has 3 aliphatic carbocycles. The van der Waals surface area contributed by atoms with Gasteiger partial charge in [-0.1, -0.05) is 57.7 Å². The minimum absolute atomic E-state index is 0.0274. The average Bonchev–Trinajstić information content (AvgIpc) is 3.59. The number of alkyl carbamates (subject to hydrolysis) is 1. The largest absolute Gasteiger partial charge is 0.461 e. The summed E-state index contributed by atoms with van der Waals surface area (Å²) in [6.07, 6.45) is 5.60. The van der Waals surface area contributed by atoms with Crippen LogP contribution in [0.4, 0.5) is 4.79 Å². The lowest BCUT2D eigenvalue weighted by Crippen LogP contribution is -2.63. The Kier molecular flexibility index (Phi) is 15.1. The summed E-state index contributed by atoms with van der Waals surface area (Å²) in [5, 5.41) is 6.44. The van der Waals surface area contributed by atoms with Gasteiger partial charge in [-0.05, 0) is 127 Å². The number of ketones is 1. The molecule has 3 aliphatic rings. The minimum Gasteiger partial charge on any atom is -0.461 e. The van der Waals surface area contributed by atoms with Gasteiger partial charge in [-0.3, -0.25) is 19.2 Å². The van der Waals surface area contributed by atoms with Gasteiger partial charge in [0.05, 0.1) is 16.9 Å². The molecule has 8 atom stereocenters. The fourth-order valence-electron chi connectivity index (χ4n) is 10.3. The number of carbonyl (C=O) groups is 5. The van der Waals surface area contributed by atoms with Crippen molar-refractivity contribution in [2.75, 3.05) is 19.4 Å². The SMILES string of the molecule is CO[C@@H]1CC[C@]23CC[C@@H](C)[C@](C)([C@H]12)[C@H](OC(=O)CSc1ccc(CCC(=O)OC(C)(C)C)cn1)C[C@](C)(CCNC(=O)c1ccc(CNC(=O)OC(C)(C)C)cc1)C(=O)[C@@H]3C. The Hall–Kier alpha value is -3.97. The number of methoxy groups -OCH3 is 1. The Morgan fingerprint density at radius 1 is 0.869 bits per heavy atom. The molecule has 2 N–H and O–H groups in total. The van der Waals surface area contributed by atoms with Gasteiger partial charge in [0.25, 0.3) is 5.91 Å². The van der Waals surface area contributed by atoms with Gasteiger partial charge in [-0.25, -0.2) is 9.78 Å². The molecule has 1 aromatic heterocycles. The van der Waals surface area contributed by atoms with Crippen LogP contribution >= 0.6 is 11.8 Å². The Bertz CT molecular complexity index is 1890. The van der Waals surface area contributed by atoms with Gasteiger partial charge < -0.3 is 29.6 Å². The normalized spacial score (nSPS) is 28.8. The molecule has 0 spiro atoms. The van der Waals surface area contributed by atoms with Gasteiger partial charge in [-0.15, -0.1) is 0 Å². The summed E-state index contributed by atoms with van der Waals surface area (Å²) in [5.74, 6) is -0.715. The second-order valence-electron chi connectivity index (χ2n) is 20.1. The molecule has 61 heavy (non-hydrogen) atoms. The fourth-order valence-corrected chi connectivity index (χ4v) is 10.9. The number of carbonyl (C=O) groups excluding carboxylic acids is 5. The smallest absolute Gasteiger partial charge is 0.407 e. The van der Waals surface area contributed by atoms with Crippen molar-refractivity contribution >= 4 is 41.5 Å². The summed E-state index contributed by atoms with van der Waals surface area (Å²) in [7, 11) is 1.76. The highest BCUT2D eigenvalue weighted by atomic mass is 32.2. The molecule has 0 radical (unpaired) electrons. The number of Topliss-reactive ketones (excluding diaryl/α,β-unsaturated/α-hetero) is 1. The van der Waals surface area contributed by atoms with E-state index in [1.165, 1.54) is 11.8 Å². The number of pyridine rings is 1. The van der Waals surface area contributed by atoms with Crippen molar-refractivity contribution in [2.24, 2.45) is 34.0 Å². The Labute approximate surface area is 367 Å². The number of nitrogens with zero attached hydrogens (tertiary/aromatic N) is 1. The summed E-state index contributed by atoms with van der Waals surface area (Å²) in [6, 6.07) is 10.8. The van der Waals surface area contributed by atoms with Crippen LogP contribution in [0.25, 0.3) is 0 Å². The highest BCUT2D eigenvalue weighted by molar-refractivity contribution is 7.99. The van der Waals surface area contributed by atoms with Crippen molar-refractivity contribution in [2.45, 2.75) is 156 Å². The first-order valence-corrected chi connectivity index (χ1v) is 22.9. The highest BCUT2D eigenvalue weighted by Gasteiger charge is 2.68. The number of benzene rings is 1. The number of nitrogens with one attached hydrogen (secondary N) is 2. The molecule has 5 rings (SSSR count). The van der Waals surface area contributed by atoms with E-state index in [-0.39, 0.29) is 78.2 Å². The first kappa shape index (κ1) is 48.1. The van der Waals surface area contributed by atoms with Gasteiger partial charge in [0.2, 0.25) is 0 Å². The van der Waals surface area contributed by atoms with Crippen LogP contribution < -0.4 is 10.6 Å². The van der Waals surface area contributed by atoms with Gasteiger partial charge >= 0.3 is 18.0 Å². The van der Waals surface area contributed by atoms with Crippen LogP contribution in [0.5, 0.6) is 0 Å². The molecule has 336 valence electrons. The standard InChI is InChI=1S/C48H69N3O9S/c1-30-20-22-48-23-21-35(57-11)40(48)47(30,10)36(58-39(53)29-61-37-18-14-33(27-50-37)15-19-38(52)59-44(3,4)5)26-46(9,41(54)31(48)2)24-25-49-42(55)34-16-12-32(13-17-34)28-51-43(56)60-45(6,7)8/h12-14,16-18,27,30-31,35-36,40H,15,19-26,28-29H2,1-11H3,(H,49,55)(H,51,56)/t30-,31+,35-,36-,40+,46+,47+,48+/m1/s1. The van der Waals surface area contributed by atoms with Crippen LogP contribution in [0, 0.1) is 34.0 Å². The molecular formula is C48H69N3O9S. The van der Waals surface area contributed by atoms with Gasteiger partial charge in [-0.2, -0.15) is 0 Å². The third kappa shape index (κ3) is 11.5. The lowest BCUT2D eigenvalue weighted by molar-refractivity contribution is -0.205. The number of aromatic nitrogens is 1. The van der Waals surface area contributed by atoms with E-state index >= 15 is 0 Å². The van der Waals surface area contributed by atoms with Crippen LogP contribution in [0.15, 0.2) is 47.6 Å². The maximum Gasteiger partial charge on any atom is 0.407 e. The predicted octanol–water partition coefficient (Wildman–Crippen LogP) is 8.67. The highest BCUT2D eigenvalue weighted by Crippen LogP contribution is 2.69. The van der Waals surface area contributed by atoms with E-state index in [0.717, 1.165) is 36.8 Å². The number of ether oxygens (including phenoxy) is 4. The Morgan fingerprint density at radius 2 is 1.52 bits per heavy atom. The molecule has 2 aromatic rings. The summed E-state index contributed by atoms with van der Waals surface area (Å²) in [4.78, 5) is 71.1. The monoisotopic (exact) mass is 863 g/mol. The summed E-state index contributed by atoms with van der Waals surface area (Å²) in [5.41, 5.74) is -0.610. The van der Waals surface area contributed by atoms with E-state index < -0.39 is 34.2 Å². The first-order valence-electron chi connectivity index (χ1n) is 21.9. The van der Waals surface area contributed by atoms with Crippen molar-refractivity contribution in [1.29, 1.82) is 0 Å². The number of thioether (sulfide) groups is 1. The van der Waals surface area contributed by atoms with Crippen LogP contribution in [0.1, 0.15) is 136 Å². The van der Waals surface area contributed by atoms with E-state index in [9.17, 15) is 24.0 Å². The summed E-state index contributed by atoms with van der Waals surface area (Å²) in [6.45, 7) is 20.0. The minimum atomic E-state index is -0.889. The second kappa shape index (κ2) is 19.2. The van der Waals surface area contributed by atoms with E-state index in [2.05, 4.69) is 36.4 Å². The topological polar surface area (TPSA) is 159 Å². The Balaban J connectivity index is 1.29. The number of hydrogen-bond donors (Lipinski definition) is 2. The predicted molar refractivity (Wildman–Crippen MR) is 235 cm³/mol. The van der Waals surface area contributed by atoms with Crippen molar-refractivity contribution in [3.05, 3.63) is 59.3 Å². The molecule has 13 heteroatoms. The zero-order valence-corrected chi connectivity index (χ0v) is 39.1. The molecule has 2 bridgehead atoms. The zero-order chi connectivity index (χ0) is 45.0. The van der Waals surface area contributed by atoms with E-state index in [0.29, 0.717) is 29.9 Å². The van der Waals surface area contributed by atoms with Gasteiger partial charge in [0, 0.05) is 61.0 Å². The van der Waals surface area contributed by atoms with Crippen molar-refractivity contribution < 1.29 is 42.9 Å². The molecular weight excluding hydrogens is 795 g/mol. The number of amides is 2. The fraction of sp³-hybridized carbons (Fsp3) is 0.667. The molecule has 3 saturated carbocycles.